The molecule has 1 aliphatic rings. The van der Waals surface area contributed by atoms with Crippen molar-refractivity contribution in [3.63, 3.8) is 0 Å². The van der Waals surface area contributed by atoms with Gasteiger partial charge in [-0.15, -0.1) is 0 Å². The van der Waals surface area contributed by atoms with Gasteiger partial charge in [-0.25, -0.2) is 19.0 Å². The maximum absolute atomic E-state index is 10.1. The van der Waals surface area contributed by atoms with E-state index < -0.39 is 5.60 Å². The van der Waals surface area contributed by atoms with Crippen LogP contribution in [0, 0.1) is 6.92 Å². The van der Waals surface area contributed by atoms with Gasteiger partial charge in [0.15, 0.2) is 11.5 Å². The Morgan fingerprint density at radius 2 is 1.82 bits per heavy atom. The fourth-order valence-electron chi connectivity index (χ4n) is 4.47. The molecule has 0 aliphatic carbocycles. The first-order valence-electron chi connectivity index (χ1n) is 11.0. The molecule has 172 valence electrons. The summed E-state index contributed by atoms with van der Waals surface area (Å²) >= 11 is 0. The molecule has 34 heavy (non-hydrogen) atoms. The lowest BCUT2D eigenvalue weighted by Gasteiger charge is -2.44. The number of aryl methyl sites for hydroxylation is 1. The van der Waals surface area contributed by atoms with Crippen LogP contribution in [0.4, 0.5) is 11.5 Å². The first-order chi connectivity index (χ1) is 16.4. The van der Waals surface area contributed by atoms with Crippen LogP contribution in [0.15, 0.2) is 61.4 Å². The van der Waals surface area contributed by atoms with Crippen LogP contribution < -0.4 is 10.1 Å². The van der Waals surface area contributed by atoms with Crippen LogP contribution in [0.2, 0.25) is 0 Å². The number of pyridine rings is 1. The lowest BCUT2D eigenvalue weighted by Crippen LogP contribution is -2.59. The summed E-state index contributed by atoms with van der Waals surface area (Å²) < 4.78 is 9.60. The van der Waals surface area contributed by atoms with Crippen molar-refractivity contribution in [2.24, 2.45) is 0 Å². The van der Waals surface area contributed by atoms with Gasteiger partial charge in [0, 0.05) is 43.8 Å². The molecule has 1 aliphatic heterocycles. The minimum absolute atomic E-state index is 0.602. The van der Waals surface area contributed by atoms with Crippen LogP contribution >= 0.6 is 0 Å². The third-order valence-electron chi connectivity index (χ3n) is 5.98. The van der Waals surface area contributed by atoms with Gasteiger partial charge in [-0.1, -0.05) is 0 Å². The van der Waals surface area contributed by atoms with E-state index in [4.69, 9.17) is 4.74 Å². The molecule has 0 unspecified atom stereocenters. The number of likely N-dealkylation sites (tertiary alicyclic amines) is 1. The van der Waals surface area contributed by atoms with Crippen LogP contribution in [0.3, 0.4) is 0 Å². The largest absolute Gasteiger partial charge is 0.457 e. The Hall–Kier alpha value is -4.02. The van der Waals surface area contributed by atoms with Crippen LogP contribution in [-0.2, 0) is 6.54 Å². The Bertz CT molecular complexity index is 1500. The standard InChI is InChI=1S/C24H24N8O2/c1-16-9-18(3-4-20(16)34-19-6-8-31-21(10-19)25-14-27-31)29-23-22-17(5-7-32(22)28-15-26-23)11-30-12-24(2,33)13-30/h3-10,14-15,33H,11-13H2,1-2H3,(H,26,28,29). The monoisotopic (exact) mass is 456 g/mol. The van der Waals surface area contributed by atoms with E-state index >= 15 is 0 Å². The van der Waals surface area contributed by atoms with Gasteiger partial charge in [-0.05, 0) is 55.3 Å². The Labute approximate surface area is 195 Å². The number of β-amino-alcohol motifs (C(OH)–C–C–N with tert-alkyl or cyclic N) is 1. The number of fused-ring (bicyclic) bond motifs is 2. The number of anilines is 2. The summed E-state index contributed by atoms with van der Waals surface area (Å²) in [4.78, 5) is 10.9. The molecule has 2 N–H and O–H groups in total. The fourth-order valence-corrected chi connectivity index (χ4v) is 4.47. The Balaban J connectivity index is 1.23. The van der Waals surface area contributed by atoms with Gasteiger partial charge < -0.3 is 15.2 Å². The van der Waals surface area contributed by atoms with Crippen molar-refractivity contribution in [3.8, 4) is 11.5 Å². The molecule has 0 spiro atoms. The average molecular weight is 457 g/mol. The molecular weight excluding hydrogens is 432 g/mol. The second-order valence-corrected chi connectivity index (χ2v) is 9.02. The molecule has 0 amide bonds. The number of benzene rings is 1. The zero-order valence-electron chi connectivity index (χ0n) is 18.9. The van der Waals surface area contributed by atoms with Gasteiger partial charge in [-0.3, -0.25) is 4.90 Å². The normalized spacial score (nSPS) is 15.5. The highest BCUT2D eigenvalue weighted by Gasteiger charge is 2.36. The van der Waals surface area contributed by atoms with Crippen LogP contribution in [-0.4, -0.2) is 57.9 Å². The van der Waals surface area contributed by atoms with E-state index in [1.807, 2.05) is 61.1 Å². The van der Waals surface area contributed by atoms with Crippen molar-refractivity contribution in [2.75, 3.05) is 18.4 Å². The predicted molar refractivity (Wildman–Crippen MR) is 126 cm³/mol. The maximum atomic E-state index is 10.1. The molecule has 5 aromatic rings. The summed E-state index contributed by atoms with van der Waals surface area (Å²) in [6.07, 6.45) is 6.81. The summed E-state index contributed by atoms with van der Waals surface area (Å²) in [5, 5.41) is 21.9. The molecule has 1 fully saturated rings. The van der Waals surface area contributed by atoms with E-state index in [2.05, 4.69) is 36.4 Å². The van der Waals surface area contributed by atoms with Crippen LogP contribution in [0.1, 0.15) is 18.1 Å². The molecule has 6 rings (SSSR count). The highest BCUT2D eigenvalue weighted by Crippen LogP contribution is 2.31. The quantitative estimate of drug-likeness (QED) is 0.401. The molecule has 1 aromatic carbocycles. The molecule has 10 nitrogen and oxygen atoms in total. The Morgan fingerprint density at radius 1 is 1.03 bits per heavy atom. The summed E-state index contributed by atoms with van der Waals surface area (Å²) in [6, 6.07) is 11.7. The fraction of sp³-hybridized carbons (Fsp3) is 0.250. The van der Waals surface area contributed by atoms with E-state index in [1.165, 1.54) is 6.33 Å². The molecule has 0 atom stereocenters. The van der Waals surface area contributed by atoms with Gasteiger partial charge in [0.05, 0.1) is 5.60 Å². The first-order valence-corrected chi connectivity index (χ1v) is 11.0. The Kier molecular flexibility index (Phi) is 4.71. The van der Waals surface area contributed by atoms with Gasteiger partial charge in [-0.2, -0.15) is 10.2 Å². The number of hydrogen-bond donors (Lipinski definition) is 2. The second-order valence-electron chi connectivity index (χ2n) is 9.02. The van der Waals surface area contributed by atoms with E-state index in [0.717, 1.165) is 46.1 Å². The average Bonchev–Trinajstić information content (AvgIpc) is 3.42. The minimum atomic E-state index is -0.602. The number of ether oxygens (including phenoxy) is 1. The second kappa shape index (κ2) is 7.79. The molecule has 0 saturated carbocycles. The lowest BCUT2D eigenvalue weighted by molar-refractivity contribution is -0.0869. The van der Waals surface area contributed by atoms with Crippen molar-refractivity contribution in [1.82, 2.24) is 34.1 Å². The topological polar surface area (TPSA) is 105 Å². The number of rotatable bonds is 6. The minimum Gasteiger partial charge on any atom is -0.457 e. The van der Waals surface area contributed by atoms with Gasteiger partial charge in [0.1, 0.15) is 29.7 Å². The van der Waals surface area contributed by atoms with Crippen molar-refractivity contribution < 1.29 is 9.84 Å². The Morgan fingerprint density at radius 3 is 2.65 bits per heavy atom. The highest BCUT2D eigenvalue weighted by atomic mass is 16.5. The zero-order chi connectivity index (χ0) is 23.3. The summed E-state index contributed by atoms with van der Waals surface area (Å²) in [6.45, 7) is 5.91. The SMILES string of the molecule is Cc1cc(Nc2ncnn3ccc(CN4CC(C)(O)C4)c23)ccc1Oc1ccn2ncnc2c1. The molecule has 1 saturated heterocycles. The predicted octanol–water partition coefficient (Wildman–Crippen LogP) is 3.18. The van der Waals surface area contributed by atoms with Crippen molar-refractivity contribution in [2.45, 2.75) is 26.0 Å². The summed E-state index contributed by atoms with van der Waals surface area (Å²) in [5.74, 6) is 2.19. The highest BCUT2D eigenvalue weighted by molar-refractivity contribution is 5.76. The summed E-state index contributed by atoms with van der Waals surface area (Å²) in [7, 11) is 0. The number of nitrogens with zero attached hydrogens (tertiary/aromatic N) is 7. The van der Waals surface area contributed by atoms with E-state index in [-0.39, 0.29) is 0 Å². The lowest BCUT2D eigenvalue weighted by atomic mass is 9.96. The number of nitrogens with one attached hydrogen (secondary N) is 1. The van der Waals surface area contributed by atoms with Gasteiger partial charge >= 0.3 is 0 Å². The summed E-state index contributed by atoms with van der Waals surface area (Å²) in [5.41, 5.74) is 4.04. The van der Waals surface area contributed by atoms with E-state index in [1.54, 1.807) is 10.8 Å². The molecule has 5 heterocycles. The first kappa shape index (κ1) is 20.6. The van der Waals surface area contributed by atoms with E-state index in [0.29, 0.717) is 18.8 Å². The molecule has 0 bridgehead atoms. The number of aromatic nitrogens is 6. The molecule has 4 aromatic heterocycles. The smallest absolute Gasteiger partial charge is 0.158 e. The van der Waals surface area contributed by atoms with Gasteiger partial charge in [0.2, 0.25) is 0 Å². The van der Waals surface area contributed by atoms with Crippen molar-refractivity contribution in [1.29, 1.82) is 0 Å². The van der Waals surface area contributed by atoms with Crippen LogP contribution in [0.5, 0.6) is 11.5 Å². The zero-order valence-corrected chi connectivity index (χ0v) is 18.9. The third kappa shape index (κ3) is 3.82. The maximum Gasteiger partial charge on any atom is 0.158 e. The number of aliphatic hydroxyl groups is 1. The molecule has 0 radical (unpaired) electrons. The van der Waals surface area contributed by atoms with Crippen molar-refractivity contribution in [3.05, 3.63) is 72.6 Å². The third-order valence-corrected chi connectivity index (χ3v) is 5.98. The molecule has 10 heteroatoms. The molecular formula is C24H24N8O2. The van der Waals surface area contributed by atoms with Crippen molar-refractivity contribution >= 4 is 22.7 Å². The van der Waals surface area contributed by atoms with Gasteiger partial charge in [0.25, 0.3) is 0 Å². The number of hydrogen-bond acceptors (Lipinski definition) is 8. The van der Waals surface area contributed by atoms with E-state index in [9.17, 15) is 5.11 Å². The van der Waals surface area contributed by atoms with Crippen LogP contribution in [0.25, 0.3) is 11.2 Å².